The first-order valence-electron chi connectivity index (χ1n) is 10.2. The van der Waals surface area contributed by atoms with Crippen LogP contribution in [-0.2, 0) is 16.4 Å². The van der Waals surface area contributed by atoms with Crippen LogP contribution in [0.15, 0.2) is 83.8 Å². The van der Waals surface area contributed by atoms with Crippen molar-refractivity contribution in [3.05, 3.63) is 107 Å². The molecule has 1 aromatic heterocycles. The highest BCUT2D eigenvalue weighted by molar-refractivity contribution is 7.90. The molecule has 0 unspecified atom stereocenters. The van der Waals surface area contributed by atoms with Crippen molar-refractivity contribution in [2.45, 2.75) is 18.4 Å². The van der Waals surface area contributed by atoms with Crippen molar-refractivity contribution in [2.24, 2.45) is 0 Å². The van der Waals surface area contributed by atoms with Crippen LogP contribution in [0.1, 0.15) is 32.9 Å². The summed E-state index contributed by atoms with van der Waals surface area (Å²) in [6, 6.07) is 24.7. The summed E-state index contributed by atoms with van der Waals surface area (Å²) in [5.41, 5.74) is 4.37. The molecular formula is C26H21N3O3S. The number of sulfone groups is 1. The summed E-state index contributed by atoms with van der Waals surface area (Å²) < 4.78 is 25.9. The zero-order valence-corrected chi connectivity index (χ0v) is 19.0. The quantitative estimate of drug-likeness (QED) is 0.402. The van der Waals surface area contributed by atoms with Crippen LogP contribution in [0.2, 0.25) is 0 Å². The van der Waals surface area contributed by atoms with E-state index in [0.29, 0.717) is 40.2 Å². The van der Waals surface area contributed by atoms with Crippen molar-refractivity contribution in [3.63, 3.8) is 0 Å². The third kappa shape index (κ3) is 4.76. The molecule has 1 heterocycles. The molecular weight excluding hydrogens is 434 g/mol. The van der Waals surface area contributed by atoms with Gasteiger partial charge in [0, 0.05) is 17.4 Å². The number of hydrogen-bond donors (Lipinski definition) is 0. The predicted octanol–water partition coefficient (Wildman–Crippen LogP) is 4.41. The lowest BCUT2D eigenvalue weighted by molar-refractivity contribution is 0.102. The second-order valence-electron chi connectivity index (χ2n) is 7.82. The van der Waals surface area contributed by atoms with Crippen LogP contribution >= 0.6 is 0 Å². The Balaban J connectivity index is 1.65. The molecule has 4 aromatic rings. The van der Waals surface area contributed by atoms with E-state index in [0.717, 1.165) is 5.56 Å². The number of carbonyl (C=O) groups excluding carboxylic acids is 1. The van der Waals surface area contributed by atoms with Gasteiger partial charge in [0.2, 0.25) is 5.78 Å². The van der Waals surface area contributed by atoms with E-state index in [-0.39, 0.29) is 10.7 Å². The summed E-state index contributed by atoms with van der Waals surface area (Å²) in [7, 11) is -3.39. The fourth-order valence-corrected chi connectivity index (χ4v) is 4.65. The van der Waals surface area contributed by atoms with E-state index in [1.165, 1.54) is 6.26 Å². The monoisotopic (exact) mass is 455 g/mol. The third-order valence-electron chi connectivity index (χ3n) is 5.27. The molecule has 0 amide bonds. The van der Waals surface area contributed by atoms with Crippen LogP contribution in [0.5, 0.6) is 0 Å². The molecule has 7 heteroatoms. The molecule has 0 spiro atoms. The van der Waals surface area contributed by atoms with E-state index in [9.17, 15) is 13.2 Å². The molecule has 0 saturated heterocycles. The van der Waals surface area contributed by atoms with Crippen molar-refractivity contribution in [1.82, 2.24) is 9.78 Å². The summed E-state index contributed by atoms with van der Waals surface area (Å²) in [4.78, 5) is 13.5. The highest BCUT2D eigenvalue weighted by Crippen LogP contribution is 2.28. The Morgan fingerprint density at radius 3 is 2.42 bits per heavy atom. The number of nitriles is 1. The summed E-state index contributed by atoms with van der Waals surface area (Å²) in [5, 5.41) is 13.6. The number of rotatable bonds is 6. The summed E-state index contributed by atoms with van der Waals surface area (Å²) in [6.07, 6.45) is 1.18. The van der Waals surface area contributed by atoms with E-state index in [2.05, 4.69) is 11.2 Å². The van der Waals surface area contributed by atoms with Crippen molar-refractivity contribution in [3.8, 4) is 17.2 Å². The van der Waals surface area contributed by atoms with Crippen LogP contribution < -0.4 is 0 Å². The zero-order valence-electron chi connectivity index (χ0n) is 18.2. The Morgan fingerprint density at radius 1 is 1.00 bits per heavy atom. The maximum absolute atomic E-state index is 13.3. The number of hydrogen-bond acceptors (Lipinski definition) is 5. The van der Waals surface area contributed by atoms with Crippen LogP contribution in [0.4, 0.5) is 0 Å². The zero-order chi connectivity index (χ0) is 23.6. The third-order valence-corrected chi connectivity index (χ3v) is 6.42. The Morgan fingerprint density at radius 2 is 1.73 bits per heavy atom. The van der Waals surface area contributed by atoms with Crippen LogP contribution in [0, 0.1) is 18.3 Å². The fourth-order valence-electron chi connectivity index (χ4n) is 3.74. The number of ketones is 1. The molecule has 0 N–H and O–H groups in total. The van der Waals surface area contributed by atoms with Crippen molar-refractivity contribution >= 4 is 15.6 Å². The molecule has 0 radical (unpaired) electrons. The van der Waals surface area contributed by atoms with Gasteiger partial charge >= 0.3 is 0 Å². The Kier molecular flexibility index (Phi) is 5.95. The second-order valence-corrected chi connectivity index (χ2v) is 9.80. The molecule has 0 aliphatic heterocycles. The van der Waals surface area contributed by atoms with Crippen LogP contribution in [0.3, 0.4) is 0 Å². The molecule has 0 aliphatic carbocycles. The molecule has 0 atom stereocenters. The minimum absolute atomic E-state index is 0.185. The van der Waals surface area contributed by atoms with E-state index >= 15 is 0 Å². The average Bonchev–Trinajstić information content (AvgIpc) is 3.18. The fraction of sp³-hybridized carbons (Fsp3) is 0.115. The van der Waals surface area contributed by atoms with Gasteiger partial charge in [-0.1, -0.05) is 54.6 Å². The number of aryl methyl sites for hydroxylation is 1. The minimum atomic E-state index is -3.39. The lowest BCUT2D eigenvalue weighted by Crippen LogP contribution is -2.12. The summed E-state index contributed by atoms with van der Waals surface area (Å²) in [5.74, 6) is -0.185. The van der Waals surface area contributed by atoms with Gasteiger partial charge in [-0.2, -0.15) is 10.4 Å². The topological polar surface area (TPSA) is 92.8 Å². The van der Waals surface area contributed by atoms with Gasteiger partial charge in [-0.15, -0.1) is 0 Å². The van der Waals surface area contributed by atoms with Crippen molar-refractivity contribution in [2.75, 3.05) is 6.26 Å². The molecule has 0 saturated carbocycles. The largest absolute Gasteiger partial charge is 0.287 e. The van der Waals surface area contributed by atoms with Gasteiger partial charge in [0.15, 0.2) is 9.84 Å². The number of aromatic nitrogens is 2. The molecule has 164 valence electrons. The van der Waals surface area contributed by atoms with Gasteiger partial charge in [0.05, 0.1) is 28.8 Å². The Labute approximate surface area is 192 Å². The molecule has 33 heavy (non-hydrogen) atoms. The maximum atomic E-state index is 13.3. The van der Waals surface area contributed by atoms with Gasteiger partial charge in [0.25, 0.3) is 0 Å². The molecule has 4 rings (SSSR count). The lowest BCUT2D eigenvalue weighted by atomic mass is 10.0. The second kappa shape index (κ2) is 8.85. The van der Waals surface area contributed by atoms with Gasteiger partial charge < -0.3 is 0 Å². The molecule has 0 aliphatic rings. The van der Waals surface area contributed by atoms with E-state index in [4.69, 9.17) is 5.26 Å². The van der Waals surface area contributed by atoms with E-state index in [1.807, 2.05) is 13.0 Å². The smallest absolute Gasteiger partial charge is 0.211 e. The molecule has 3 aromatic carbocycles. The Hall–Kier alpha value is -4.02. The lowest BCUT2D eigenvalue weighted by Gasteiger charge is -2.10. The number of benzene rings is 3. The molecule has 6 nitrogen and oxygen atoms in total. The minimum Gasteiger partial charge on any atom is -0.287 e. The summed E-state index contributed by atoms with van der Waals surface area (Å²) in [6.45, 7) is 2.19. The van der Waals surface area contributed by atoms with Crippen molar-refractivity contribution in [1.29, 1.82) is 5.26 Å². The molecule has 0 fully saturated rings. The molecule has 0 bridgehead atoms. The number of carbonyl (C=O) groups is 1. The highest BCUT2D eigenvalue weighted by atomic mass is 32.2. The standard InChI is InChI=1S/C26H21N3O3S/c1-18-14-24(29(28-18)17-20-7-5-6-19(15-20)16-27)26(30)22-12-10-21(11-13-22)23-8-3-4-9-25(23)33(2,31)32/h3-15H,17H2,1-2H3. The van der Waals surface area contributed by atoms with E-state index < -0.39 is 9.84 Å². The average molecular weight is 456 g/mol. The van der Waals surface area contributed by atoms with E-state index in [1.54, 1.807) is 77.5 Å². The van der Waals surface area contributed by atoms with Crippen molar-refractivity contribution < 1.29 is 13.2 Å². The van der Waals surface area contributed by atoms with Crippen LogP contribution in [0.25, 0.3) is 11.1 Å². The first kappa shape index (κ1) is 22.2. The Bertz CT molecular complexity index is 1490. The van der Waals surface area contributed by atoms with Crippen LogP contribution in [-0.4, -0.2) is 30.2 Å². The summed E-state index contributed by atoms with van der Waals surface area (Å²) >= 11 is 0. The predicted molar refractivity (Wildman–Crippen MR) is 126 cm³/mol. The normalized spacial score (nSPS) is 11.2. The maximum Gasteiger partial charge on any atom is 0.211 e. The first-order valence-corrected chi connectivity index (χ1v) is 12.1. The van der Waals surface area contributed by atoms with Gasteiger partial charge in [0.1, 0.15) is 5.69 Å². The highest BCUT2D eigenvalue weighted by Gasteiger charge is 2.18. The van der Waals surface area contributed by atoms with Gasteiger partial charge in [-0.3, -0.25) is 9.48 Å². The van der Waals surface area contributed by atoms with Gasteiger partial charge in [-0.05, 0) is 42.3 Å². The first-order chi connectivity index (χ1) is 15.8. The SMILES string of the molecule is Cc1cc(C(=O)c2ccc(-c3ccccc3S(C)(=O)=O)cc2)n(Cc2cccc(C#N)c2)n1. The number of nitrogens with zero attached hydrogens (tertiary/aromatic N) is 3. The van der Waals surface area contributed by atoms with Gasteiger partial charge in [-0.25, -0.2) is 8.42 Å².